The maximum absolute atomic E-state index is 12.8. The Labute approximate surface area is 185 Å². The molecule has 3 rings (SSSR count). The molecule has 1 aromatic carbocycles. The summed E-state index contributed by atoms with van der Waals surface area (Å²) in [4.78, 5) is 12.6. The van der Waals surface area contributed by atoms with Gasteiger partial charge >= 0.3 is 12.1 Å². The largest absolute Gasteiger partial charge is 0.462 e. The molecule has 0 aliphatic heterocycles. The number of halogens is 4. The van der Waals surface area contributed by atoms with Crippen molar-refractivity contribution in [2.45, 2.75) is 69.6 Å². The van der Waals surface area contributed by atoms with Crippen LogP contribution in [0.1, 0.15) is 68.4 Å². The molecular weight excluding hydrogens is 422 g/mol. The Hall–Kier alpha value is -2.62. The Kier molecular flexibility index (Phi) is 8.11. The molecule has 2 saturated carbocycles. The third kappa shape index (κ3) is 6.69. The van der Waals surface area contributed by atoms with Crippen LogP contribution in [0.15, 0.2) is 48.3 Å². The highest BCUT2D eigenvalue weighted by molar-refractivity contribution is 5.72. The summed E-state index contributed by atoms with van der Waals surface area (Å²) in [6.07, 6.45) is 6.23. The molecule has 2 aliphatic rings. The van der Waals surface area contributed by atoms with E-state index in [1.54, 1.807) is 18.2 Å². The smallest absolute Gasteiger partial charge is 0.416 e. The van der Waals surface area contributed by atoms with Crippen molar-refractivity contribution in [1.29, 1.82) is 5.26 Å². The van der Waals surface area contributed by atoms with Crippen LogP contribution in [0, 0.1) is 23.2 Å². The Balaban J connectivity index is 1.41. The van der Waals surface area contributed by atoms with Gasteiger partial charge in [0, 0.05) is 0 Å². The molecule has 2 aliphatic carbocycles. The van der Waals surface area contributed by atoms with Crippen LogP contribution in [0.3, 0.4) is 0 Å². The zero-order valence-corrected chi connectivity index (χ0v) is 17.8. The van der Waals surface area contributed by atoms with E-state index in [0.717, 1.165) is 62.3 Å². The summed E-state index contributed by atoms with van der Waals surface area (Å²) < 4.78 is 56.7. The van der Waals surface area contributed by atoms with Gasteiger partial charge in [-0.05, 0) is 87.0 Å². The van der Waals surface area contributed by atoms with Gasteiger partial charge in [0.1, 0.15) is 12.2 Å². The lowest BCUT2D eigenvalue weighted by Gasteiger charge is -2.31. The van der Waals surface area contributed by atoms with Gasteiger partial charge in [-0.3, -0.25) is 4.79 Å². The molecule has 0 atom stereocenters. The summed E-state index contributed by atoms with van der Waals surface area (Å²) in [7, 11) is 0. The number of ether oxygens (including phenoxy) is 1. The van der Waals surface area contributed by atoms with E-state index in [9.17, 15) is 22.4 Å². The summed E-state index contributed by atoms with van der Waals surface area (Å²) in [6, 6.07) is 6.76. The van der Waals surface area contributed by atoms with Crippen molar-refractivity contribution in [3.63, 3.8) is 0 Å². The Bertz CT molecular complexity index is 867. The molecule has 2 fully saturated rings. The number of rotatable bonds is 5. The molecule has 7 heteroatoms. The number of hydrogen-bond donors (Lipinski definition) is 0. The summed E-state index contributed by atoms with van der Waals surface area (Å²) in [5, 5.41) is 8.39. The third-order valence-corrected chi connectivity index (χ3v) is 6.50. The minimum atomic E-state index is -4.33. The van der Waals surface area contributed by atoms with Crippen molar-refractivity contribution < 1.29 is 27.1 Å². The number of carbonyl (C=O) groups is 1. The number of esters is 1. The van der Waals surface area contributed by atoms with Crippen molar-refractivity contribution in [3.05, 3.63) is 59.4 Å². The van der Waals surface area contributed by atoms with E-state index in [1.807, 2.05) is 6.08 Å². The van der Waals surface area contributed by atoms with Crippen molar-refractivity contribution in [1.82, 2.24) is 0 Å². The number of alkyl halides is 3. The fraction of sp³-hybridized carbons (Fsp3) is 0.520. The molecule has 0 bridgehead atoms. The Morgan fingerprint density at radius 2 is 1.62 bits per heavy atom. The van der Waals surface area contributed by atoms with Gasteiger partial charge in [0.2, 0.25) is 0 Å². The van der Waals surface area contributed by atoms with E-state index >= 15 is 0 Å². The lowest BCUT2D eigenvalue weighted by molar-refractivity contribution is -0.157. The summed E-state index contributed by atoms with van der Waals surface area (Å²) in [5.41, 5.74) is 0.246. The molecule has 0 unspecified atom stereocenters. The van der Waals surface area contributed by atoms with Gasteiger partial charge in [-0.2, -0.15) is 22.8 Å². The average Bonchev–Trinajstić information content (AvgIpc) is 2.79. The lowest BCUT2D eigenvalue weighted by atomic mass is 9.78. The van der Waals surface area contributed by atoms with Crippen molar-refractivity contribution in [3.8, 4) is 6.07 Å². The molecule has 0 heterocycles. The average molecular weight is 449 g/mol. The Morgan fingerprint density at radius 3 is 2.19 bits per heavy atom. The summed E-state index contributed by atoms with van der Waals surface area (Å²) >= 11 is 0. The first-order chi connectivity index (χ1) is 15.3. The maximum atomic E-state index is 12.8. The Morgan fingerprint density at radius 1 is 1.00 bits per heavy atom. The molecule has 0 amide bonds. The number of allylic oxidation sites excluding steroid dienone is 4. The summed E-state index contributed by atoms with van der Waals surface area (Å²) in [6.45, 7) is 0. The predicted octanol–water partition coefficient (Wildman–Crippen LogP) is 7.01. The van der Waals surface area contributed by atoms with Gasteiger partial charge in [-0.15, -0.1) is 0 Å². The standard InChI is InChI=1S/C25H27F4NO2/c26-22(16-30)3-1-2-17-4-14-23(15-5-17)32-24(31)20-8-6-18(7-9-20)19-10-12-21(13-11-19)25(27,28)29/h1-3,10-13,17-18,20,23H,4-9,14-15H2/b2-1+,22-3?. The number of benzene rings is 1. The monoisotopic (exact) mass is 449 g/mol. The first kappa shape index (κ1) is 24.0. The molecule has 0 N–H and O–H groups in total. The zero-order chi connectivity index (χ0) is 23.1. The second-order valence-corrected chi connectivity index (χ2v) is 8.65. The van der Waals surface area contributed by atoms with Crippen LogP contribution < -0.4 is 0 Å². The van der Waals surface area contributed by atoms with Crippen LogP contribution in [-0.4, -0.2) is 12.1 Å². The first-order valence-electron chi connectivity index (χ1n) is 11.1. The van der Waals surface area contributed by atoms with Crippen LogP contribution in [0.5, 0.6) is 0 Å². The van der Waals surface area contributed by atoms with E-state index in [0.29, 0.717) is 12.8 Å². The fourth-order valence-corrected chi connectivity index (χ4v) is 4.60. The van der Waals surface area contributed by atoms with E-state index in [-0.39, 0.29) is 29.8 Å². The highest BCUT2D eigenvalue weighted by Gasteiger charge is 2.32. The van der Waals surface area contributed by atoms with E-state index < -0.39 is 17.6 Å². The molecule has 0 radical (unpaired) electrons. The lowest BCUT2D eigenvalue weighted by Crippen LogP contribution is -2.29. The highest BCUT2D eigenvalue weighted by Crippen LogP contribution is 2.38. The first-order valence-corrected chi connectivity index (χ1v) is 11.1. The minimum Gasteiger partial charge on any atom is -0.462 e. The number of nitriles is 1. The van der Waals surface area contributed by atoms with Crippen LogP contribution in [0.4, 0.5) is 17.6 Å². The number of nitrogens with zero attached hydrogens (tertiary/aromatic N) is 1. The van der Waals surface area contributed by atoms with Crippen LogP contribution >= 0.6 is 0 Å². The van der Waals surface area contributed by atoms with Gasteiger partial charge in [-0.1, -0.05) is 24.3 Å². The zero-order valence-electron chi connectivity index (χ0n) is 17.8. The van der Waals surface area contributed by atoms with Gasteiger partial charge in [0.25, 0.3) is 0 Å². The van der Waals surface area contributed by atoms with Gasteiger partial charge in [-0.25, -0.2) is 0 Å². The molecule has 0 aromatic heterocycles. The topological polar surface area (TPSA) is 50.1 Å². The number of hydrogen-bond acceptors (Lipinski definition) is 3. The molecule has 32 heavy (non-hydrogen) atoms. The summed E-state index contributed by atoms with van der Waals surface area (Å²) in [5.74, 6) is -0.696. The van der Waals surface area contributed by atoms with Crippen molar-refractivity contribution in [2.75, 3.05) is 0 Å². The van der Waals surface area contributed by atoms with E-state index in [2.05, 4.69) is 0 Å². The van der Waals surface area contributed by atoms with Crippen molar-refractivity contribution >= 4 is 5.97 Å². The SMILES string of the molecule is N#CC(F)=C/C=C/C1CCC(OC(=O)C2CCC(c3ccc(C(F)(F)F)cc3)CC2)CC1. The van der Waals surface area contributed by atoms with E-state index in [1.165, 1.54) is 6.07 Å². The molecule has 172 valence electrons. The quantitative estimate of drug-likeness (QED) is 0.210. The molecule has 1 aromatic rings. The molecule has 0 saturated heterocycles. The second kappa shape index (κ2) is 10.8. The van der Waals surface area contributed by atoms with Gasteiger partial charge in [0.15, 0.2) is 5.83 Å². The molecule has 0 spiro atoms. The predicted molar refractivity (Wildman–Crippen MR) is 112 cm³/mol. The van der Waals surface area contributed by atoms with Crippen molar-refractivity contribution in [2.24, 2.45) is 11.8 Å². The maximum Gasteiger partial charge on any atom is 0.416 e. The normalized spacial score (nSPS) is 27.2. The van der Waals surface area contributed by atoms with Crippen LogP contribution in [0.2, 0.25) is 0 Å². The molecule has 3 nitrogen and oxygen atoms in total. The molecular formula is C25H27F4NO2. The fourth-order valence-electron chi connectivity index (χ4n) is 4.60. The highest BCUT2D eigenvalue weighted by atomic mass is 19.4. The van der Waals surface area contributed by atoms with Gasteiger partial charge < -0.3 is 4.74 Å². The third-order valence-electron chi connectivity index (χ3n) is 6.50. The van der Waals surface area contributed by atoms with Gasteiger partial charge in [0.05, 0.1) is 11.5 Å². The minimum absolute atomic E-state index is 0.105. The van der Waals surface area contributed by atoms with Crippen LogP contribution in [0.25, 0.3) is 0 Å². The van der Waals surface area contributed by atoms with Crippen LogP contribution in [-0.2, 0) is 15.7 Å². The van der Waals surface area contributed by atoms with E-state index in [4.69, 9.17) is 10.00 Å². The number of carbonyl (C=O) groups excluding carboxylic acids is 1. The second-order valence-electron chi connectivity index (χ2n) is 8.65.